The predicted molar refractivity (Wildman–Crippen MR) is 113 cm³/mol. The summed E-state index contributed by atoms with van der Waals surface area (Å²) in [5, 5.41) is 11.3. The molecule has 0 bridgehead atoms. The van der Waals surface area contributed by atoms with Crippen LogP contribution in [0.4, 0.5) is 11.4 Å². The van der Waals surface area contributed by atoms with Crippen LogP contribution in [0, 0.1) is 0 Å². The zero-order valence-electron chi connectivity index (χ0n) is 16.2. The molecule has 1 aliphatic heterocycles. The van der Waals surface area contributed by atoms with E-state index in [1.54, 1.807) is 35.2 Å². The molecule has 1 N–H and O–H groups in total. The highest BCUT2D eigenvalue weighted by Gasteiger charge is 2.31. The van der Waals surface area contributed by atoms with E-state index in [0.717, 1.165) is 12.1 Å². The van der Waals surface area contributed by atoms with E-state index in [1.807, 2.05) is 37.1 Å². The third kappa shape index (κ3) is 4.02. The van der Waals surface area contributed by atoms with Gasteiger partial charge in [0.2, 0.25) is 5.91 Å². The highest BCUT2D eigenvalue weighted by molar-refractivity contribution is 7.99. The second-order valence-electron chi connectivity index (χ2n) is 7.00. The van der Waals surface area contributed by atoms with Crippen molar-refractivity contribution in [2.45, 2.75) is 24.5 Å². The fourth-order valence-corrected chi connectivity index (χ4v) is 4.16. The fraction of sp³-hybridized carbons (Fsp3) is 0.238. The molecule has 8 heteroatoms. The van der Waals surface area contributed by atoms with Gasteiger partial charge in [0.1, 0.15) is 6.33 Å². The van der Waals surface area contributed by atoms with Gasteiger partial charge in [-0.05, 0) is 43.2 Å². The molecule has 2 heterocycles. The maximum absolute atomic E-state index is 13.2. The molecule has 0 aliphatic carbocycles. The number of hydrogen-bond donors (Lipinski definition) is 1. The molecule has 0 unspecified atom stereocenters. The number of amides is 2. The summed E-state index contributed by atoms with van der Waals surface area (Å²) in [6.07, 6.45) is 2.43. The van der Waals surface area contributed by atoms with Crippen LogP contribution in [0.15, 0.2) is 60.0 Å². The van der Waals surface area contributed by atoms with Gasteiger partial charge in [-0.15, -0.1) is 10.2 Å². The second-order valence-corrected chi connectivity index (χ2v) is 7.94. The van der Waals surface area contributed by atoms with Crippen molar-refractivity contribution in [3.63, 3.8) is 0 Å². The zero-order chi connectivity index (χ0) is 20.4. The molecule has 0 fully saturated rings. The van der Waals surface area contributed by atoms with E-state index in [0.29, 0.717) is 16.4 Å². The Morgan fingerprint density at radius 2 is 2.03 bits per heavy atom. The van der Waals surface area contributed by atoms with E-state index >= 15 is 0 Å². The highest BCUT2D eigenvalue weighted by atomic mass is 32.2. The molecule has 2 amide bonds. The maximum Gasteiger partial charge on any atom is 0.258 e. The van der Waals surface area contributed by atoms with E-state index < -0.39 is 0 Å². The molecule has 1 aromatic heterocycles. The average molecular weight is 407 g/mol. The summed E-state index contributed by atoms with van der Waals surface area (Å²) in [4.78, 5) is 27.3. The van der Waals surface area contributed by atoms with Crippen LogP contribution in [0.1, 0.15) is 22.8 Å². The number of nitrogens with zero attached hydrogens (tertiary/aromatic N) is 4. The van der Waals surface area contributed by atoms with Crippen molar-refractivity contribution in [3.8, 4) is 0 Å². The SMILES string of the molecule is C[C@@H]1Cc2ccccc2N1C(=O)c1cccc(NC(=O)CSc2nncn2C)c1. The van der Waals surface area contributed by atoms with E-state index in [4.69, 9.17) is 0 Å². The first-order valence-electron chi connectivity index (χ1n) is 9.31. The lowest BCUT2D eigenvalue weighted by Crippen LogP contribution is -2.35. The van der Waals surface area contributed by atoms with Crippen molar-refractivity contribution in [1.29, 1.82) is 0 Å². The Kier molecular flexibility index (Phi) is 5.35. The van der Waals surface area contributed by atoms with Crippen LogP contribution in [0.3, 0.4) is 0 Å². The summed E-state index contributed by atoms with van der Waals surface area (Å²) >= 11 is 1.31. The molecule has 0 saturated heterocycles. The molecule has 1 atom stereocenters. The first-order chi connectivity index (χ1) is 14.0. The topological polar surface area (TPSA) is 80.1 Å². The Morgan fingerprint density at radius 1 is 1.21 bits per heavy atom. The molecule has 3 aromatic rings. The number of para-hydroxylation sites is 1. The van der Waals surface area contributed by atoms with Gasteiger partial charge in [0.25, 0.3) is 5.91 Å². The molecule has 2 aromatic carbocycles. The number of hydrogen-bond acceptors (Lipinski definition) is 5. The minimum Gasteiger partial charge on any atom is -0.325 e. The summed E-state index contributed by atoms with van der Waals surface area (Å²) in [7, 11) is 1.83. The summed E-state index contributed by atoms with van der Waals surface area (Å²) in [6.45, 7) is 2.05. The maximum atomic E-state index is 13.2. The minimum absolute atomic E-state index is 0.0630. The van der Waals surface area contributed by atoms with Gasteiger partial charge in [-0.2, -0.15) is 0 Å². The summed E-state index contributed by atoms with van der Waals surface area (Å²) < 4.78 is 1.76. The minimum atomic E-state index is -0.164. The van der Waals surface area contributed by atoms with Crippen LogP contribution in [-0.4, -0.2) is 38.4 Å². The molecule has 29 heavy (non-hydrogen) atoms. The molecular formula is C21H21N5O2S. The lowest BCUT2D eigenvalue weighted by molar-refractivity contribution is -0.113. The Hall–Kier alpha value is -3.13. The Morgan fingerprint density at radius 3 is 2.83 bits per heavy atom. The Labute approximate surface area is 173 Å². The number of rotatable bonds is 5. The van der Waals surface area contributed by atoms with E-state index in [-0.39, 0.29) is 23.6 Å². The van der Waals surface area contributed by atoms with Crippen LogP contribution in [-0.2, 0) is 18.3 Å². The normalized spacial score (nSPS) is 15.2. The van der Waals surface area contributed by atoms with Crippen LogP contribution in [0.5, 0.6) is 0 Å². The molecule has 0 spiro atoms. The second kappa shape index (κ2) is 8.08. The lowest BCUT2D eigenvalue weighted by atomic mass is 10.1. The number of aromatic nitrogens is 3. The quantitative estimate of drug-likeness (QED) is 0.657. The highest BCUT2D eigenvalue weighted by Crippen LogP contribution is 2.33. The Bertz CT molecular complexity index is 1060. The largest absolute Gasteiger partial charge is 0.325 e. The van der Waals surface area contributed by atoms with E-state index in [1.165, 1.54) is 17.3 Å². The van der Waals surface area contributed by atoms with Crippen molar-refractivity contribution in [1.82, 2.24) is 14.8 Å². The van der Waals surface area contributed by atoms with Gasteiger partial charge in [0, 0.05) is 30.0 Å². The monoisotopic (exact) mass is 407 g/mol. The summed E-state index contributed by atoms with van der Waals surface area (Å²) in [6, 6.07) is 15.1. The molecule has 0 saturated carbocycles. The van der Waals surface area contributed by atoms with E-state index in [9.17, 15) is 9.59 Å². The smallest absolute Gasteiger partial charge is 0.258 e. The van der Waals surface area contributed by atoms with Crippen molar-refractivity contribution < 1.29 is 9.59 Å². The third-order valence-corrected chi connectivity index (χ3v) is 5.86. The first-order valence-corrected chi connectivity index (χ1v) is 10.3. The predicted octanol–water partition coefficient (Wildman–Crippen LogP) is 3.14. The van der Waals surface area contributed by atoms with Crippen molar-refractivity contribution in [2.75, 3.05) is 16.0 Å². The zero-order valence-corrected chi connectivity index (χ0v) is 17.0. The number of nitrogens with one attached hydrogen (secondary N) is 1. The third-order valence-electron chi connectivity index (χ3n) is 4.82. The van der Waals surface area contributed by atoms with Gasteiger partial charge >= 0.3 is 0 Å². The molecule has 7 nitrogen and oxygen atoms in total. The van der Waals surface area contributed by atoms with Gasteiger partial charge in [-0.3, -0.25) is 9.59 Å². The first kappa shape index (κ1) is 19.2. The van der Waals surface area contributed by atoms with Crippen molar-refractivity contribution in [3.05, 3.63) is 66.0 Å². The summed E-state index contributed by atoms with van der Waals surface area (Å²) in [5.74, 6) is -0.0178. The molecular weight excluding hydrogens is 386 g/mol. The number of aryl methyl sites for hydroxylation is 1. The van der Waals surface area contributed by atoms with Crippen LogP contribution < -0.4 is 10.2 Å². The van der Waals surface area contributed by atoms with E-state index in [2.05, 4.69) is 21.6 Å². The number of fused-ring (bicyclic) bond motifs is 1. The number of carbonyl (C=O) groups is 2. The van der Waals surface area contributed by atoms with Gasteiger partial charge in [-0.1, -0.05) is 36.0 Å². The Balaban J connectivity index is 1.45. The number of anilines is 2. The molecule has 148 valence electrons. The fourth-order valence-electron chi connectivity index (χ4n) is 3.47. The van der Waals surface area contributed by atoms with Crippen molar-refractivity contribution in [2.24, 2.45) is 7.05 Å². The van der Waals surface area contributed by atoms with Crippen LogP contribution >= 0.6 is 11.8 Å². The van der Waals surface area contributed by atoms with Crippen LogP contribution in [0.25, 0.3) is 0 Å². The summed E-state index contributed by atoms with van der Waals surface area (Å²) in [5.41, 5.74) is 3.28. The van der Waals surface area contributed by atoms with Crippen LogP contribution in [0.2, 0.25) is 0 Å². The van der Waals surface area contributed by atoms with Gasteiger partial charge < -0.3 is 14.8 Å². The lowest BCUT2D eigenvalue weighted by Gasteiger charge is -2.23. The number of benzene rings is 2. The van der Waals surface area contributed by atoms with Gasteiger partial charge in [0.15, 0.2) is 5.16 Å². The number of carbonyl (C=O) groups excluding carboxylic acids is 2. The molecule has 1 aliphatic rings. The number of thioether (sulfide) groups is 1. The standard InChI is InChI=1S/C21H21N5O2S/c1-14-10-15-6-3-4-9-18(15)26(14)20(28)16-7-5-8-17(11-16)23-19(27)12-29-21-24-22-13-25(21)2/h3-9,11,13-14H,10,12H2,1-2H3,(H,23,27)/t14-/m1/s1. The van der Waals surface area contributed by atoms with Gasteiger partial charge in [-0.25, -0.2) is 0 Å². The van der Waals surface area contributed by atoms with Gasteiger partial charge in [0.05, 0.1) is 5.75 Å². The van der Waals surface area contributed by atoms with Crippen molar-refractivity contribution >= 4 is 35.0 Å². The average Bonchev–Trinajstić information content (AvgIpc) is 3.27. The molecule has 0 radical (unpaired) electrons. The molecule has 4 rings (SSSR count).